The number of nitrogens with one attached hydrogen (secondary N) is 3. The van der Waals surface area contributed by atoms with Crippen LogP contribution in [0.1, 0.15) is 19.8 Å². The van der Waals surface area contributed by atoms with Crippen LogP contribution >= 0.6 is 0 Å². The fourth-order valence-electron chi connectivity index (χ4n) is 1.63. The van der Waals surface area contributed by atoms with Crippen LogP contribution in [0.3, 0.4) is 0 Å². The predicted molar refractivity (Wildman–Crippen MR) is 61.8 cm³/mol. The Bertz CT molecular complexity index is 268. The highest BCUT2D eigenvalue weighted by atomic mass is 16.2. The predicted octanol–water partition coefficient (Wildman–Crippen LogP) is -0.455. The van der Waals surface area contributed by atoms with E-state index < -0.39 is 0 Å². The third-order valence-electron chi connectivity index (χ3n) is 2.57. The fraction of sp³-hybridized carbons (Fsp3) is 0.636. The summed E-state index contributed by atoms with van der Waals surface area (Å²) in [6.45, 7) is 6.42. The topological polar surface area (TPSA) is 70.2 Å². The number of piperidine rings is 1. The van der Waals surface area contributed by atoms with Crippen molar-refractivity contribution in [3.05, 3.63) is 12.7 Å². The molecule has 0 aromatic rings. The van der Waals surface area contributed by atoms with Crippen LogP contribution in [0.15, 0.2) is 12.7 Å². The molecule has 2 amide bonds. The molecule has 0 radical (unpaired) electrons. The molecule has 1 fully saturated rings. The Kier molecular flexibility index (Phi) is 4.98. The average Bonchev–Trinajstić information content (AvgIpc) is 2.29. The van der Waals surface area contributed by atoms with Gasteiger partial charge in [-0.3, -0.25) is 9.59 Å². The second kappa shape index (κ2) is 6.27. The van der Waals surface area contributed by atoms with Gasteiger partial charge in [0, 0.05) is 25.6 Å². The van der Waals surface area contributed by atoms with E-state index in [4.69, 9.17) is 0 Å². The number of hydrogen-bond donors (Lipinski definition) is 3. The Balaban J connectivity index is 2.27. The van der Waals surface area contributed by atoms with Crippen molar-refractivity contribution >= 4 is 11.8 Å². The van der Waals surface area contributed by atoms with Crippen molar-refractivity contribution in [3.8, 4) is 0 Å². The van der Waals surface area contributed by atoms with E-state index >= 15 is 0 Å². The second-order valence-corrected chi connectivity index (χ2v) is 3.96. The Morgan fingerprint density at radius 2 is 2.50 bits per heavy atom. The van der Waals surface area contributed by atoms with E-state index in [0.717, 1.165) is 6.42 Å². The van der Waals surface area contributed by atoms with Gasteiger partial charge in [-0.15, -0.1) is 6.58 Å². The van der Waals surface area contributed by atoms with Crippen LogP contribution < -0.4 is 16.0 Å². The Hall–Kier alpha value is -1.36. The lowest BCUT2D eigenvalue weighted by Crippen LogP contribution is -2.52. The molecule has 1 rings (SSSR count). The zero-order valence-corrected chi connectivity index (χ0v) is 9.58. The first-order valence-electron chi connectivity index (χ1n) is 5.55. The van der Waals surface area contributed by atoms with Gasteiger partial charge in [0.2, 0.25) is 11.8 Å². The first-order chi connectivity index (χ1) is 7.63. The van der Waals surface area contributed by atoms with Gasteiger partial charge in [-0.1, -0.05) is 6.08 Å². The molecule has 0 aromatic carbocycles. The van der Waals surface area contributed by atoms with Gasteiger partial charge >= 0.3 is 0 Å². The van der Waals surface area contributed by atoms with Gasteiger partial charge in [0.05, 0.1) is 6.04 Å². The monoisotopic (exact) mass is 225 g/mol. The molecule has 1 aliphatic rings. The van der Waals surface area contributed by atoms with Crippen molar-refractivity contribution in [2.45, 2.75) is 31.8 Å². The number of amides is 2. The first-order valence-corrected chi connectivity index (χ1v) is 5.55. The van der Waals surface area contributed by atoms with Crippen LogP contribution in [0.4, 0.5) is 0 Å². The number of rotatable bonds is 5. The summed E-state index contributed by atoms with van der Waals surface area (Å²) in [5.74, 6) is 0.0404. The smallest absolute Gasteiger partial charge is 0.237 e. The molecular weight excluding hydrogens is 206 g/mol. The minimum Gasteiger partial charge on any atom is -0.355 e. The molecule has 1 saturated heterocycles. The van der Waals surface area contributed by atoms with E-state index in [9.17, 15) is 9.59 Å². The van der Waals surface area contributed by atoms with Gasteiger partial charge in [0.1, 0.15) is 0 Å². The molecule has 1 aliphatic heterocycles. The highest BCUT2D eigenvalue weighted by Gasteiger charge is 2.21. The van der Waals surface area contributed by atoms with Crippen molar-refractivity contribution in [1.82, 2.24) is 16.0 Å². The maximum absolute atomic E-state index is 11.5. The molecule has 0 bridgehead atoms. The molecule has 2 atom stereocenters. The molecule has 0 aromatic heterocycles. The normalized spacial score (nSPS) is 22.1. The van der Waals surface area contributed by atoms with Crippen LogP contribution in [-0.2, 0) is 9.59 Å². The Morgan fingerprint density at radius 3 is 3.06 bits per heavy atom. The summed E-state index contributed by atoms with van der Waals surface area (Å²) in [6, 6.07) is -0.0675. The van der Waals surface area contributed by atoms with Crippen molar-refractivity contribution in [3.63, 3.8) is 0 Å². The summed E-state index contributed by atoms with van der Waals surface area (Å²) >= 11 is 0. The number of carbonyl (C=O) groups excluding carboxylic acids is 2. The van der Waals surface area contributed by atoms with Gasteiger partial charge < -0.3 is 16.0 Å². The van der Waals surface area contributed by atoms with Gasteiger partial charge in [-0.2, -0.15) is 0 Å². The van der Waals surface area contributed by atoms with Crippen molar-refractivity contribution in [2.75, 3.05) is 13.1 Å². The lowest BCUT2D eigenvalue weighted by Gasteiger charge is -2.26. The molecule has 3 N–H and O–H groups in total. The SMILES string of the molecule is C=CCNC(=O)C(C)NC1CCC(=O)NC1. The summed E-state index contributed by atoms with van der Waals surface area (Å²) in [4.78, 5) is 22.5. The van der Waals surface area contributed by atoms with Crippen LogP contribution in [0.25, 0.3) is 0 Å². The highest BCUT2D eigenvalue weighted by molar-refractivity contribution is 5.81. The molecule has 2 unspecified atom stereocenters. The van der Waals surface area contributed by atoms with E-state index in [2.05, 4.69) is 22.5 Å². The molecule has 5 nitrogen and oxygen atoms in total. The molecule has 0 saturated carbocycles. The third-order valence-corrected chi connectivity index (χ3v) is 2.57. The number of carbonyl (C=O) groups is 2. The van der Waals surface area contributed by atoms with Crippen LogP contribution in [0, 0.1) is 0 Å². The van der Waals surface area contributed by atoms with Gasteiger partial charge in [0.15, 0.2) is 0 Å². The minimum atomic E-state index is -0.250. The van der Waals surface area contributed by atoms with Gasteiger partial charge in [-0.25, -0.2) is 0 Å². The molecule has 16 heavy (non-hydrogen) atoms. The summed E-state index contributed by atoms with van der Waals surface area (Å²) in [7, 11) is 0. The molecular formula is C11H19N3O2. The molecule has 5 heteroatoms. The maximum atomic E-state index is 11.5. The van der Waals surface area contributed by atoms with E-state index in [1.807, 2.05) is 6.92 Å². The fourth-order valence-corrected chi connectivity index (χ4v) is 1.63. The molecule has 90 valence electrons. The van der Waals surface area contributed by atoms with Crippen LogP contribution in [-0.4, -0.2) is 37.0 Å². The standard InChI is InChI=1S/C11H19N3O2/c1-3-6-12-11(16)8(2)14-9-4-5-10(15)13-7-9/h3,8-9,14H,1,4-7H2,2H3,(H,12,16)(H,13,15). The van der Waals surface area contributed by atoms with Crippen LogP contribution in [0.2, 0.25) is 0 Å². The molecule has 0 aliphatic carbocycles. The molecule has 0 spiro atoms. The summed E-state index contributed by atoms with van der Waals surface area (Å²) in [5, 5.41) is 8.68. The minimum absolute atomic E-state index is 0.0446. The quantitative estimate of drug-likeness (QED) is 0.555. The second-order valence-electron chi connectivity index (χ2n) is 3.96. The van der Waals surface area contributed by atoms with Crippen LogP contribution in [0.5, 0.6) is 0 Å². The van der Waals surface area contributed by atoms with E-state index in [-0.39, 0.29) is 23.9 Å². The number of hydrogen-bond acceptors (Lipinski definition) is 3. The Morgan fingerprint density at radius 1 is 1.75 bits per heavy atom. The van der Waals surface area contributed by atoms with E-state index in [1.165, 1.54) is 0 Å². The van der Waals surface area contributed by atoms with Gasteiger partial charge in [0.25, 0.3) is 0 Å². The van der Waals surface area contributed by atoms with E-state index in [1.54, 1.807) is 6.08 Å². The highest BCUT2D eigenvalue weighted by Crippen LogP contribution is 2.03. The summed E-state index contributed by atoms with van der Waals surface area (Å²) in [6.07, 6.45) is 2.95. The lowest BCUT2D eigenvalue weighted by molar-refractivity contribution is -0.123. The Labute approximate surface area is 95.7 Å². The van der Waals surface area contributed by atoms with Crippen molar-refractivity contribution in [1.29, 1.82) is 0 Å². The van der Waals surface area contributed by atoms with Gasteiger partial charge in [-0.05, 0) is 13.3 Å². The van der Waals surface area contributed by atoms with E-state index in [0.29, 0.717) is 19.5 Å². The summed E-state index contributed by atoms with van der Waals surface area (Å²) in [5.41, 5.74) is 0. The summed E-state index contributed by atoms with van der Waals surface area (Å²) < 4.78 is 0. The zero-order valence-electron chi connectivity index (χ0n) is 9.58. The average molecular weight is 225 g/mol. The maximum Gasteiger partial charge on any atom is 0.237 e. The third kappa shape index (κ3) is 4.02. The van der Waals surface area contributed by atoms with Crippen molar-refractivity contribution in [2.24, 2.45) is 0 Å². The molecule has 1 heterocycles. The zero-order chi connectivity index (χ0) is 12.0. The largest absolute Gasteiger partial charge is 0.355 e. The van der Waals surface area contributed by atoms with Crippen molar-refractivity contribution < 1.29 is 9.59 Å². The lowest BCUT2D eigenvalue weighted by atomic mass is 10.1. The first kappa shape index (κ1) is 12.7.